The van der Waals surface area contributed by atoms with Gasteiger partial charge in [0.05, 0.1) is 0 Å². The topological polar surface area (TPSA) is 15.3 Å². The number of nitrogens with zero attached hydrogens (tertiary/aromatic N) is 1. The van der Waals surface area contributed by atoms with Gasteiger partial charge in [-0.15, -0.1) is 0 Å². The highest BCUT2D eigenvalue weighted by molar-refractivity contribution is 7.99. The second kappa shape index (κ2) is 9.04. The van der Waals surface area contributed by atoms with Crippen molar-refractivity contribution in [3.8, 4) is 0 Å². The third kappa shape index (κ3) is 5.48. The van der Waals surface area contributed by atoms with Gasteiger partial charge in [0.25, 0.3) is 0 Å². The SMILES string of the molecule is CCCNC(CCN1CCSCC1C)c1cccc(Cl)c1. The Kier molecular flexibility index (Phi) is 7.38. The van der Waals surface area contributed by atoms with Crippen molar-refractivity contribution in [2.45, 2.75) is 38.8 Å². The van der Waals surface area contributed by atoms with Gasteiger partial charge in [0, 0.05) is 41.7 Å². The van der Waals surface area contributed by atoms with Crippen LogP contribution in [0.25, 0.3) is 0 Å². The zero-order chi connectivity index (χ0) is 15.1. The van der Waals surface area contributed by atoms with E-state index in [0.29, 0.717) is 12.1 Å². The first-order valence-electron chi connectivity index (χ1n) is 8.01. The highest BCUT2D eigenvalue weighted by Gasteiger charge is 2.20. The van der Waals surface area contributed by atoms with Crippen LogP contribution in [0.5, 0.6) is 0 Å². The summed E-state index contributed by atoms with van der Waals surface area (Å²) in [4.78, 5) is 2.63. The summed E-state index contributed by atoms with van der Waals surface area (Å²) in [5.41, 5.74) is 1.31. The standard InChI is InChI=1S/C17H27ClN2S/c1-3-8-19-17(15-5-4-6-16(18)12-15)7-9-20-10-11-21-13-14(20)2/h4-6,12,14,17,19H,3,7-11,13H2,1-2H3. The van der Waals surface area contributed by atoms with Crippen molar-refractivity contribution in [2.24, 2.45) is 0 Å². The zero-order valence-corrected chi connectivity index (χ0v) is 14.7. The molecular formula is C17H27ClN2S. The first kappa shape index (κ1) is 17.1. The Labute approximate surface area is 138 Å². The molecule has 2 unspecified atom stereocenters. The van der Waals surface area contributed by atoms with E-state index in [2.05, 4.69) is 54.0 Å². The van der Waals surface area contributed by atoms with E-state index in [-0.39, 0.29) is 0 Å². The van der Waals surface area contributed by atoms with Crippen LogP contribution in [0.3, 0.4) is 0 Å². The number of halogens is 1. The molecule has 118 valence electrons. The fraction of sp³-hybridized carbons (Fsp3) is 0.647. The van der Waals surface area contributed by atoms with Crippen LogP contribution in [0.1, 0.15) is 38.3 Å². The number of rotatable bonds is 7. The van der Waals surface area contributed by atoms with Crippen molar-refractivity contribution in [1.82, 2.24) is 10.2 Å². The molecule has 0 bridgehead atoms. The lowest BCUT2D eigenvalue weighted by atomic mass is 10.0. The molecular weight excluding hydrogens is 300 g/mol. The van der Waals surface area contributed by atoms with Crippen LogP contribution >= 0.6 is 23.4 Å². The van der Waals surface area contributed by atoms with Crippen molar-refractivity contribution in [1.29, 1.82) is 0 Å². The average Bonchev–Trinajstić information content (AvgIpc) is 2.49. The highest BCUT2D eigenvalue weighted by atomic mass is 35.5. The lowest BCUT2D eigenvalue weighted by Crippen LogP contribution is -2.42. The van der Waals surface area contributed by atoms with Crippen LogP contribution in [0.2, 0.25) is 5.02 Å². The van der Waals surface area contributed by atoms with Gasteiger partial charge in [-0.25, -0.2) is 0 Å². The molecule has 1 aliphatic rings. The molecule has 21 heavy (non-hydrogen) atoms. The summed E-state index contributed by atoms with van der Waals surface area (Å²) in [7, 11) is 0. The molecule has 0 aliphatic carbocycles. The molecule has 1 saturated heterocycles. The monoisotopic (exact) mass is 326 g/mol. The smallest absolute Gasteiger partial charge is 0.0409 e. The van der Waals surface area contributed by atoms with Gasteiger partial charge >= 0.3 is 0 Å². The van der Waals surface area contributed by atoms with E-state index in [1.807, 2.05) is 6.07 Å². The second-order valence-electron chi connectivity index (χ2n) is 5.81. The maximum Gasteiger partial charge on any atom is 0.0409 e. The number of thioether (sulfide) groups is 1. The Bertz CT molecular complexity index is 427. The average molecular weight is 327 g/mol. The molecule has 1 fully saturated rings. The Morgan fingerprint density at radius 1 is 1.48 bits per heavy atom. The van der Waals surface area contributed by atoms with E-state index in [9.17, 15) is 0 Å². The van der Waals surface area contributed by atoms with E-state index >= 15 is 0 Å². The molecule has 0 spiro atoms. The summed E-state index contributed by atoms with van der Waals surface area (Å²) in [6.45, 7) is 8.01. The minimum atomic E-state index is 0.408. The maximum atomic E-state index is 6.15. The molecule has 2 rings (SSSR count). The van der Waals surface area contributed by atoms with Gasteiger partial charge in [0.2, 0.25) is 0 Å². The van der Waals surface area contributed by atoms with Crippen LogP contribution in [0.4, 0.5) is 0 Å². The lowest BCUT2D eigenvalue weighted by Gasteiger charge is -2.34. The molecule has 0 radical (unpaired) electrons. The van der Waals surface area contributed by atoms with E-state index in [1.54, 1.807) is 0 Å². The maximum absolute atomic E-state index is 6.15. The molecule has 0 aromatic heterocycles. The quantitative estimate of drug-likeness (QED) is 0.808. The van der Waals surface area contributed by atoms with E-state index in [4.69, 9.17) is 11.6 Å². The van der Waals surface area contributed by atoms with Crippen LogP contribution in [-0.2, 0) is 0 Å². The van der Waals surface area contributed by atoms with Crippen LogP contribution < -0.4 is 5.32 Å². The van der Waals surface area contributed by atoms with Crippen molar-refractivity contribution < 1.29 is 0 Å². The molecule has 1 aromatic rings. The van der Waals surface area contributed by atoms with Crippen molar-refractivity contribution in [3.63, 3.8) is 0 Å². The van der Waals surface area contributed by atoms with Crippen molar-refractivity contribution in [3.05, 3.63) is 34.9 Å². The summed E-state index contributed by atoms with van der Waals surface area (Å²) in [6.07, 6.45) is 2.31. The van der Waals surface area contributed by atoms with Crippen LogP contribution in [0, 0.1) is 0 Å². The van der Waals surface area contributed by atoms with Gasteiger partial charge in [0.1, 0.15) is 0 Å². The van der Waals surface area contributed by atoms with E-state index in [0.717, 1.165) is 31.0 Å². The molecule has 4 heteroatoms. The first-order valence-corrected chi connectivity index (χ1v) is 9.54. The van der Waals surface area contributed by atoms with E-state index in [1.165, 1.54) is 23.6 Å². The van der Waals surface area contributed by atoms with Crippen molar-refractivity contribution in [2.75, 3.05) is 31.1 Å². The Balaban J connectivity index is 1.95. The number of hydrogen-bond donors (Lipinski definition) is 1. The summed E-state index contributed by atoms with van der Waals surface area (Å²) < 4.78 is 0. The van der Waals surface area contributed by atoms with Gasteiger partial charge in [-0.3, -0.25) is 4.90 Å². The fourth-order valence-corrected chi connectivity index (χ4v) is 4.10. The van der Waals surface area contributed by atoms with Crippen LogP contribution in [0.15, 0.2) is 24.3 Å². The van der Waals surface area contributed by atoms with Crippen LogP contribution in [-0.4, -0.2) is 42.1 Å². The third-order valence-corrected chi connectivity index (χ3v) is 5.53. The molecule has 1 aliphatic heterocycles. The summed E-state index contributed by atoms with van der Waals surface area (Å²) in [5, 5.41) is 4.51. The van der Waals surface area contributed by atoms with Gasteiger partial charge in [-0.2, -0.15) is 11.8 Å². The third-order valence-electron chi connectivity index (χ3n) is 4.10. The molecule has 1 aromatic carbocycles. The highest BCUT2D eigenvalue weighted by Crippen LogP contribution is 2.23. The number of benzene rings is 1. The molecule has 0 amide bonds. The Hall–Kier alpha value is -0.220. The molecule has 1 N–H and O–H groups in total. The van der Waals surface area contributed by atoms with Gasteiger partial charge in [-0.1, -0.05) is 30.7 Å². The molecule has 2 atom stereocenters. The Morgan fingerprint density at radius 2 is 2.33 bits per heavy atom. The van der Waals surface area contributed by atoms with E-state index < -0.39 is 0 Å². The normalized spacial score (nSPS) is 21.4. The minimum absolute atomic E-state index is 0.408. The minimum Gasteiger partial charge on any atom is -0.310 e. The predicted octanol–water partition coefficient (Wildman–Crippen LogP) is 4.21. The van der Waals surface area contributed by atoms with Gasteiger partial charge < -0.3 is 5.32 Å². The Morgan fingerprint density at radius 3 is 3.05 bits per heavy atom. The number of nitrogens with one attached hydrogen (secondary N) is 1. The number of hydrogen-bond acceptors (Lipinski definition) is 3. The lowest BCUT2D eigenvalue weighted by molar-refractivity contribution is 0.219. The molecule has 0 saturated carbocycles. The predicted molar refractivity (Wildman–Crippen MR) is 95.5 cm³/mol. The summed E-state index contributed by atoms with van der Waals surface area (Å²) in [5.74, 6) is 2.54. The first-order chi connectivity index (χ1) is 10.2. The molecule has 1 heterocycles. The largest absolute Gasteiger partial charge is 0.310 e. The van der Waals surface area contributed by atoms with Crippen molar-refractivity contribution >= 4 is 23.4 Å². The zero-order valence-electron chi connectivity index (χ0n) is 13.1. The fourth-order valence-electron chi connectivity index (χ4n) is 2.82. The molecule has 2 nitrogen and oxygen atoms in total. The summed E-state index contributed by atoms with van der Waals surface area (Å²) in [6, 6.07) is 9.41. The van der Waals surface area contributed by atoms with Gasteiger partial charge in [-0.05, 0) is 44.0 Å². The second-order valence-corrected chi connectivity index (χ2v) is 7.40. The summed E-state index contributed by atoms with van der Waals surface area (Å²) >= 11 is 8.23. The van der Waals surface area contributed by atoms with Gasteiger partial charge in [0.15, 0.2) is 0 Å².